The fourth-order valence-electron chi connectivity index (χ4n) is 0.829. The van der Waals surface area contributed by atoms with Gasteiger partial charge in [0.25, 0.3) is 0 Å². The van der Waals surface area contributed by atoms with Gasteiger partial charge in [0, 0.05) is 0 Å². The van der Waals surface area contributed by atoms with Crippen molar-refractivity contribution in [3.8, 4) is 0 Å². The average Bonchev–Trinajstić information content (AvgIpc) is 1.64. The minimum absolute atomic E-state index is 0.523. The first-order valence-electron chi connectivity index (χ1n) is 2.79. The molecule has 0 amide bonds. The van der Waals surface area contributed by atoms with Crippen molar-refractivity contribution in [2.24, 2.45) is 0 Å². The van der Waals surface area contributed by atoms with Crippen molar-refractivity contribution in [2.45, 2.75) is 21.8 Å². The molecule has 0 saturated carbocycles. The molecule has 43 valence electrons. The molecule has 0 aromatic carbocycles. The van der Waals surface area contributed by atoms with Gasteiger partial charge in [0.2, 0.25) is 0 Å². The molecule has 1 unspecified atom stereocenters. The van der Waals surface area contributed by atoms with E-state index >= 15 is 0 Å². The fourth-order valence-corrected chi connectivity index (χ4v) is 7.62. The van der Waals surface area contributed by atoms with Crippen molar-refractivity contribution >= 4 is 42.4 Å². The van der Waals surface area contributed by atoms with Crippen LogP contribution in [-0.4, -0.2) is 31.3 Å². The molecule has 1 aliphatic rings. The summed E-state index contributed by atoms with van der Waals surface area (Å²) in [6.45, 7) is 0. The number of hydrogen-bond donors (Lipinski definition) is 0. The summed E-state index contributed by atoms with van der Waals surface area (Å²) in [4.78, 5) is 11.3. The monoisotopic (exact) mass is 277 g/mol. The van der Waals surface area contributed by atoms with Gasteiger partial charge in [-0.15, -0.1) is 0 Å². The van der Waals surface area contributed by atoms with Crippen LogP contribution in [0, 0.1) is 0 Å². The van der Waals surface area contributed by atoms with E-state index in [0.29, 0.717) is 8.37 Å². The molecule has 0 aromatic rings. The van der Waals surface area contributed by atoms with Gasteiger partial charge in [0.05, 0.1) is 0 Å². The van der Waals surface area contributed by atoms with Crippen molar-refractivity contribution in [2.75, 3.05) is 0 Å². The molecular formula is C5H7BrInO. The summed E-state index contributed by atoms with van der Waals surface area (Å²) < 4.78 is 1.87. The topological polar surface area (TPSA) is 17.1 Å². The van der Waals surface area contributed by atoms with E-state index in [-0.39, 0.29) is 0 Å². The van der Waals surface area contributed by atoms with E-state index in [2.05, 4.69) is 15.9 Å². The summed E-state index contributed by atoms with van der Waals surface area (Å²) in [6, 6.07) is 0. The number of hydrogen-bond acceptors (Lipinski definition) is 1. The summed E-state index contributed by atoms with van der Waals surface area (Å²) in [7, 11) is 0. The summed E-state index contributed by atoms with van der Waals surface area (Å²) in [5.41, 5.74) is 0. The predicted octanol–water partition coefficient (Wildman–Crippen LogP) is 1.19. The molecule has 1 rings (SSSR count). The van der Waals surface area contributed by atoms with Gasteiger partial charge >= 0.3 is 69.0 Å². The molecule has 1 saturated heterocycles. The van der Waals surface area contributed by atoms with Gasteiger partial charge in [-0.1, -0.05) is 0 Å². The maximum absolute atomic E-state index is 10.7. The molecule has 1 heterocycles. The standard InChI is InChI=1S/C5H7BrO.In/c1-2-5(6)3-4-7;/h5H,1-3H2;. The third-order valence-corrected chi connectivity index (χ3v) is 5.80. The van der Waals surface area contributed by atoms with Crippen LogP contribution in [0.15, 0.2) is 0 Å². The Kier molecular flexibility index (Phi) is 2.90. The third-order valence-electron chi connectivity index (χ3n) is 1.27. The van der Waals surface area contributed by atoms with Gasteiger partial charge in [-0.05, 0) is 0 Å². The van der Waals surface area contributed by atoms with Crippen LogP contribution in [0.3, 0.4) is 0 Å². The van der Waals surface area contributed by atoms with Crippen LogP contribution < -0.4 is 0 Å². The first kappa shape index (κ1) is 7.13. The third kappa shape index (κ3) is 2.09. The Balaban J connectivity index is 2.34. The van der Waals surface area contributed by atoms with Crippen LogP contribution in [0.5, 0.6) is 0 Å². The van der Waals surface area contributed by atoms with E-state index < -0.39 is 22.9 Å². The number of carbonyl (C=O) groups is 1. The van der Waals surface area contributed by atoms with Gasteiger partial charge in [-0.2, -0.15) is 0 Å². The number of halogens is 1. The first-order valence-corrected chi connectivity index (χ1v) is 7.68. The van der Waals surface area contributed by atoms with Crippen LogP contribution >= 0.6 is 15.9 Å². The van der Waals surface area contributed by atoms with Crippen molar-refractivity contribution in [3.05, 3.63) is 0 Å². The Labute approximate surface area is 68.7 Å². The molecule has 0 bridgehead atoms. The van der Waals surface area contributed by atoms with E-state index in [9.17, 15) is 4.79 Å². The Morgan fingerprint density at radius 1 is 1.75 bits per heavy atom. The zero-order chi connectivity index (χ0) is 5.98. The van der Waals surface area contributed by atoms with E-state index in [1.54, 1.807) is 0 Å². The normalized spacial score (nSPS) is 29.6. The first-order chi connectivity index (χ1) is 3.79. The van der Waals surface area contributed by atoms with Gasteiger partial charge in [0.1, 0.15) is 0 Å². The second-order valence-electron chi connectivity index (χ2n) is 2.05. The molecule has 0 aliphatic carbocycles. The van der Waals surface area contributed by atoms with Crippen molar-refractivity contribution in [3.63, 3.8) is 0 Å². The second-order valence-corrected chi connectivity index (χ2v) is 8.00. The molecule has 0 N–H and O–H groups in total. The Hall–Kier alpha value is 1.02. The SMILES string of the molecule is O=[C]1CC(Br)C[CH2][In]1. The number of rotatable bonds is 0. The molecule has 1 nitrogen and oxygen atoms in total. The Morgan fingerprint density at radius 3 is 2.88 bits per heavy atom. The molecule has 8 heavy (non-hydrogen) atoms. The van der Waals surface area contributed by atoms with Gasteiger partial charge in [-0.25, -0.2) is 0 Å². The summed E-state index contributed by atoms with van der Waals surface area (Å²) in [6.07, 6.45) is 2.09. The van der Waals surface area contributed by atoms with Crippen molar-refractivity contribution in [1.29, 1.82) is 0 Å². The van der Waals surface area contributed by atoms with Gasteiger partial charge in [0.15, 0.2) is 0 Å². The van der Waals surface area contributed by atoms with Crippen LogP contribution in [0.1, 0.15) is 12.8 Å². The summed E-state index contributed by atoms with van der Waals surface area (Å²) >= 11 is 2.77. The minimum atomic E-state index is -0.664. The zero-order valence-corrected chi connectivity index (χ0v) is 9.44. The van der Waals surface area contributed by atoms with Crippen LogP contribution in [0.25, 0.3) is 0 Å². The Morgan fingerprint density at radius 2 is 2.50 bits per heavy atom. The van der Waals surface area contributed by atoms with Gasteiger partial charge in [-0.3, -0.25) is 0 Å². The zero-order valence-electron chi connectivity index (χ0n) is 4.56. The van der Waals surface area contributed by atoms with E-state index in [4.69, 9.17) is 0 Å². The number of carbonyl (C=O) groups excluding carboxylic acids is 1. The molecule has 1 aliphatic heterocycles. The molecule has 3 heteroatoms. The molecule has 0 aromatic heterocycles. The maximum atomic E-state index is 10.7. The molecule has 1 radical (unpaired) electrons. The van der Waals surface area contributed by atoms with E-state index in [1.807, 2.05) is 0 Å². The van der Waals surface area contributed by atoms with Crippen LogP contribution in [-0.2, 0) is 4.79 Å². The van der Waals surface area contributed by atoms with Crippen molar-refractivity contribution < 1.29 is 4.79 Å². The number of alkyl halides is 1. The summed E-state index contributed by atoms with van der Waals surface area (Å²) in [5, 5.41) is 0. The molecule has 1 atom stereocenters. The molecular weight excluding hydrogens is 271 g/mol. The fraction of sp³-hybridized carbons (Fsp3) is 0.800. The Bertz CT molecular complexity index is 105. The molecule has 1 fully saturated rings. The average molecular weight is 278 g/mol. The van der Waals surface area contributed by atoms with Crippen molar-refractivity contribution in [1.82, 2.24) is 0 Å². The van der Waals surface area contributed by atoms with E-state index in [0.717, 1.165) is 6.42 Å². The quantitative estimate of drug-likeness (QED) is 0.608. The summed E-state index contributed by atoms with van der Waals surface area (Å²) in [5.74, 6) is 0. The van der Waals surface area contributed by atoms with Crippen LogP contribution in [0.4, 0.5) is 0 Å². The van der Waals surface area contributed by atoms with Gasteiger partial charge < -0.3 is 0 Å². The van der Waals surface area contributed by atoms with Crippen LogP contribution in [0.2, 0.25) is 4.18 Å². The van der Waals surface area contributed by atoms with E-state index in [1.165, 1.54) is 10.6 Å². The molecule has 0 spiro atoms. The second kappa shape index (κ2) is 3.25. The predicted molar refractivity (Wildman–Crippen MR) is 37.5 cm³/mol.